The second-order valence-electron chi connectivity index (χ2n) is 7.64. The third-order valence-electron chi connectivity index (χ3n) is 5.24. The van der Waals surface area contributed by atoms with E-state index < -0.39 is 28.3 Å². The fraction of sp³-hybridized carbons (Fsp3) is 0.333. The molecule has 2 aromatic carbocycles. The van der Waals surface area contributed by atoms with Gasteiger partial charge in [-0.1, -0.05) is 42.5 Å². The molecule has 3 atom stereocenters. The smallest absolute Gasteiger partial charge is 0.328 e. The van der Waals surface area contributed by atoms with Gasteiger partial charge in [0.1, 0.15) is 22.3 Å². The number of carbonyl (C=O) groups is 2. The number of rotatable bonds is 7. The van der Waals surface area contributed by atoms with E-state index in [2.05, 4.69) is 10.7 Å². The van der Waals surface area contributed by atoms with Crippen molar-refractivity contribution in [3.05, 3.63) is 65.7 Å². The molecule has 0 aliphatic carbocycles. The Morgan fingerprint density at radius 1 is 1.20 bits per heavy atom. The molecule has 2 aromatic rings. The summed E-state index contributed by atoms with van der Waals surface area (Å²) in [6, 6.07) is 14.8. The fourth-order valence-electron chi connectivity index (χ4n) is 3.54. The van der Waals surface area contributed by atoms with Crippen LogP contribution < -0.4 is 15.8 Å². The van der Waals surface area contributed by atoms with Gasteiger partial charge in [-0.15, -0.1) is 0 Å². The Morgan fingerprint density at radius 2 is 1.83 bits per heavy atom. The zero-order valence-corrected chi connectivity index (χ0v) is 17.6. The minimum Gasteiger partial charge on any atom is -0.480 e. The van der Waals surface area contributed by atoms with Gasteiger partial charge in [0.25, 0.3) is 0 Å². The second-order valence-corrected chi connectivity index (χ2v) is 8.62. The molecule has 0 saturated carbocycles. The number of anilines is 1. The summed E-state index contributed by atoms with van der Waals surface area (Å²) in [5.41, 5.74) is 4.15. The van der Waals surface area contributed by atoms with E-state index in [9.17, 15) is 23.1 Å². The lowest BCUT2D eigenvalue weighted by atomic mass is 9.94. The van der Waals surface area contributed by atoms with Crippen LogP contribution in [0.15, 0.2) is 54.6 Å². The second kappa shape index (κ2) is 8.85. The SMILES string of the molecule is CC(NC(=O)C1(C)CC(C(=O)O)N(c2ccccc2)N1)c1ccc(C[SH](=O)=O)cc1. The average Bonchev–Trinajstić information content (AvgIpc) is 3.08. The summed E-state index contributed by atoms with van der Waals surface area (Å²) in [5.74, 6) is -1.35. The zero-order valence-electron chi connectivity index (χ0n) is 16.7. The molecule has 3 rings (SSSR count). The first-order valence-corrected chi connectivity index (χ1v) is 10.9. The number of nitrogens with one attached hydrogen (secondary N) is 2. The summed E-state index contributed by atoms with van der Waals surface area (Å²) in [6.45, 7) is 3.50. The quantitative estimate of drug-likeness (QED) is 0.492. The number of amides is 1. The molecular formula is C21H25N3O5S. The molecular weight excluding hydrogens is 406 g/mol. The van der Waals surface area contributed by atoms with E-state index in [0.29, 0.717) is 11.3 Å². The standard InChI is InChI=1S/C21H25N3O5S/c1-14(16-10-8-15(9-11-16)13-30(28)29)22-20(27)21(2)12-18(19(25)26)24(23-21)17-6-4-3-5-7-17/h3-11,14,18,23,30H,12-13H2,1-2H3,(H,22,27)(H,25,26). The van der Waals surface area contributed by atoms with Crippen LogP contribution in [0.3, 0.4) is 0 Å². The van der Waals surface area contributed by atoms with Gasteiger partial charge in [0, 0.05) is 6.42 Å². The number of hydrogen-bond donors (Lipinski definition) is 4. The molecule has 3 N–H and O–H groups in total. The number of hydrazine groups is 1. The van der Waals surface area contributed by atoms with E-state index in [-0.39, 0.29) is 24.1 Å². The van der Waals surface area contributed by atoms with Crippen LogP contribution in [0.4, 0.5) is 5.69 Å². The number of nitrogens with zero attached hydrogens (tertiary/aromatic N) is 1. The molecule has 0 radical (unpaired) electrons. The predicted octanol–water partition coefficient (Wildman–Crippen LogP) is 1.60. The number of carboxylic acid groups (broad SMARTS) is 1. The largest absolute Gasteiger partial charge is 0.480 e. The maximum Gasteiger partial charge on any atom is 0.328 e. The van der Waals surface area contributed by atoms with Gasteiger partial charge in [0.2, 0.25) is 5.91 Å². The summed E-state index contributed by atoms with van der Waals surface area (Å²) in [4.78, 5) is 24.8. The third-order valence-corrected chi connectivity index (χ3v) is 5.86. The molecule has 0 bridgehead atoms. The van der Waals surface area contributed by atoms with Crippen LogP contribution in [0.25, 0.3) is 0 Å². The average molecular weight is 432 g/mol. The third kappa shape index (κ3) is 4.80. The van der Waals surface area contributed by atoms with Gasteiger partial charge in [-0.25, -0.2) is 18.6 Å². The van der Waals surface area contributed by atoms with Crippen LogP contribution in [0, 0.1) is 0 Å². The molecule has 3 unspecified atom stereocenters. The van der Waals surface area contributed by atoms with Crippen molar-refractivity contribution in [3.8, 4) is 0 Å². The number of thiol groups is 1. The lowest BCUT2D eigenvalue weighted by Gasteiger charge is -2.28. The Hall–Kier alpha value is -2.91. The Balaban J connectivity index is 1.73. The topological polar surface area (TPSA) is 116 Å². The summed E-state index contributed by atoms with van der Waals surface area (Å²) < 4.78 is 21.7. The first kappa shape index (κ1) is 21.8. The monoisotopic (exact) mass is 431 g/mol. The number of benzene rings is 2. The van der Waals surface area contributed by atoms with Crippen LogP contribution in [-0.4, -0.2) is 37.0 Å². The first-order valence-electron chi connectivity index (χ1n) is 9.56. The van der Waals surface area contributed by atoms with E-state index in [4.69, 9.17) is 0 Å². The molecule has 1 aliphatic rings. The number of carbonyl (C=O) groups excluding carboxylic acids is 1. The number of para-hydroxylation sites is 1. The van der Waals surface area contributed by atoms with E-state index in [1.54, 1.807) is 55.5 Å². The van der Waals surface area contributed by atoms with E-state index in [1.807, 2.05) is 13.0 Å². The molecule has 0 spiro atoms. The number of aliphatic carboxylic acids is 1. The maximum absolute atomic E-state index is 13.0. The van der Waals surface area contributed by atoms with Crippen LogP contribution in [-0.2, 0) is 26.0 Å². The molecule has 1 aliphatic heterocycles. The van der Waals surface area contributed by atoms with Gasteiger partial charge >= 0.3 is 5.97 Å². The highest BCUT2D eigenvalue weighted by molar-refractivity contribution is 7.71. The zero-order chi connectivity index (χ0) is 21.9. The van der Waals surface area contributed by atoms with Crippen molar-refractivity contribution in [3.63, 3.8) is 0 Å². The molecule has 1 saturated heterocycles. The molecule has 9 heteroatoms. The molecule has 1 heterocycles. The number of hydrogen-bond acceptors (Lipinski definition) is 6. The van der Waals surface area contributed by atoms with Crippen LogP contribution in [0.5, 0.6) is 0 Å². The van der Waals surface area contributed by atoms with Gasteiger partial charge in [-0.05, 0) is 37.1 Å². The van der Waals surface area contributed by atoms with E-state index >= 15 is 0 Å². The van der Waals surface area contributed by atoms with Crippen LogP contribution in [0.2, 0.25) is 0 Å². The van der Waals surface area contributed by atoms with Gasteiger partial charge in [-0.2, -0.15) is 0 Å². The first-order chi connectivity index (χ1) is 14.2. The Kier molecular flexibility index (Phi) is 6.42. The van der Waals surface area contributed by atoms with Gasteiger partial charge in [0.15, 0.2) is 0 Å². The molecule has 0 aromatic heterocycles. The Labute approximate surface area is 176 Å². The molecule has 30 heavy (non-hydrogen) atoms. The van der Waals surface area contributed by atoms with Gasteiger partial charge < -0.3 is 10.4 Å². The lowest BCUT2D eigenvalue weighted by molar-refractivity contribution is -0.138. The molecule has 8 nitrogen and oxygen atoms in total. The maximum atomic E-state index is 13.0. The normalized spacial score (nSPS) is 22.1. The van der Waals surface area contributed by atoms with Crippen molar-refractivity contribution in [2.24, 2.45) is 0 Å². The summed E-state index contributed by atoms with van der Waals surface area (Å²) in [6.07, 6.45) is 0.102. The minimum absolute atomic E-state index is 0.0236. The van der Waals surface area contributed by atoms with Crippen molar-refractivity contribution in [1.82, 2.24) is 10.7 Å². The van der Waals surface area contributed by atoms with Crippen molar-refractivity contribution in [2.75, 3.05) is 5.01 Å². The summed E-state index contributed by atoms with van der Waals surface area (Å²) in [5, 5.41) is 14.1. The van der Waals surface area contributed by atoms with Crippen LogP contribution in [0.1, 0.15) is 37.4 Å². The van der Waals surface area contributed by atoms with Gasteiger partial charge in [-0.3, -0.25) is 9.80 Å². The van der Waals surface area contributed by atoms with E-state index in [1.165, 1.54) is 5.01 Å². The fourth-order valence-corrected chi connectivity index (χ4v) is 4.05. The highest BCUT2D eigenvalue weighted by atomic mass is 32.2. The van der Waals surface area contributed by atoms with Crippen molar-refractivity contribution < 1.29 is 23.1 Å². The highest BCUT2D eigenvalue weighted by Gasteiger charge is 2.48. The lowest BCUT2D eigenvalue weighted by Crippen LogP contribution is -2.55. The van der Waals surface area contributed by atoms with E-state index in [0.717, 1.165) is 5.56 Å². The van der Waals surface area contributed by atoms with Crippen molar-refractivity contribution in [1.29, 1.82) is 0 Å². The number of carboxylic acids is 1. The van der Waals surface area contributed by atoms with Crippen molar-refractivity contribution in [2.45, 2.75) is 43.6 Å². The molecule has 1 fully saturated rings. The predicted molar refractivity (Wildman–Crippen MR) is 114 cm³/mol. The van der Waals surface area contributed by atoms with Crippen LogP contribution >= 0.6 is 0 Å². The highest BCUT2D eigenvalue weighted by Crippen LogP contribution is 2.30. The Bertz CT molecular complexity index is 985. The minimum atomic E-state index is -2.49. The summed E-state index contributed by atoms with van der Waals surface area (Å²) >= 11 is 0. The van der Waals surface area contributed by atoms with Gasteiger partial charge in [0.05, 0.1) is 17.5 Å². The Morgan fingerprint density at radius 3 is 2.40 bits per heavy atom. The molecule has 160 valence electrons. The molecule has 1 amide bonds. The summed E-state index contributed by atoms with van der Waals surface area (Å²) in [7, 11) is -2.49. The van der Waals surface area contributed by atoms with Crippen molar-refractivity contribution >= 4 is 28.3 Å².